The summed E-state index contributed by atoms with van der Waals surface area (Å²) in [6, 6.07) is 23.2. The molecule has 5 aliphatic carbocycles. The Labute approximate surface area is 314 Å². The molecule has 0 amide bonds. The number of allylic oxidation sites excluding steroid dienone is 12. The third kappa shape index (κ3) is 5.80. The van der Waals surface area contributed by atoms with Crippen LogP contribution in [0.1, 0.15) is 58.9 Å². The molecule has 264 valence electrons. The molecule has 5 atom stereocenters. The molecule has 0 bridgehead atoms. The number of benzene rings is 3. The van der Waals surface area contributed by atoms with Crippen LogP contribution in [0.5, 0.6) is 0 Å². The smallest absolute Gasteiger partial charge is 0.126 e. The second kappa shape index (κ2) is 13.5. The van der Waals surface area contributed by atoms with Crippen LogP contribution in [0.4, 0.5) is 8.78 Å². The Morgan fingerprint density at radius 1 is 0.667 bits per heavy atom. The highest BCUT2D eigenvalue weighted by atomic mass is 19.1. The van der Waals surface area contributed by atoms with E-state index in [2.05, 4.69) is 150 Å². The number of halogens is 2. The summed E-state index contributed by atoms with van der Waals surface area (Å²) in [6.45, 7) is 0. The summed E-state index contributed by atoms with van der Waals surface area (Å²) >= 11 is 0. The van der Waals surface area contributed by atoms with Crippen LogP contribution in [0, 0.1) is 23.5 Å². The van der Waals surface area contributed by atoms with Gasteiger partial charge < -0.3 is 5.32 Å². The summed E-state index contributed by atoms with van der Waals surface area (Å²) in [7, 11) is 0. The summed E-state index contributed by atoms with van der Waals surface area (Å²) in [5.74, 6) is -0.869. The fraction of sp³-hybridized carbons (Fsp3) is 0.163. The quantitative estimate of drug-likeness (QED) is 0.217. The topological polar surface area (TPSA) is 37.0 Å². The molecule has 3 nitrogen and oxygen atoms in total. The first kappa shape index (κ1) is 32.7. The van der Waals surface area contributed by atoms with E-state index < -0.39 is 11.6 Å². The SMILES string of the molecule is Fc1cc(F)cc(-c2nc3c(c4c2=C2C=CC=CC2C2C=CC=CC=42)C=CC(c2cccc(C4NC(C5=CCCC=C5)=CC(c5ccccc5)N4)c2)C3)c1. The van der Waals surface area contributed by atoms with Crippen molar-refractivity contribution >= 4 is 17.2 Å². The summed E-state index contributed by atoms with van der Waals surface area (Å²) < 4.78 is 29.7. The zero-order chi connectivity index (χ0) is 36.2. The first-order valence-electron chi connectivity index (χ1n) is 19.0. The molecular weight excluding hydrogens is 669 g/mol. The molecule has 1 aromatic heterocycles. The molecule has 0 radical (unpaired) electrons. The Kier molecular flexibility index (Phi) is 8.18. The largest absolute Gasteiger partial charge is 0.366 e. The molecule has 0 spiro atoms. The maximum absolute atomic E-state index is 14.9. The van der Waals surface area contributed by atoms with E-state index in [1.165, 1.54) is 34.4 Å². The maximum Gasteiger partial charge on any atom is 0.126 e. The summed E-state index contributed by atoms with van der Waals surface area (Å²) in [5, 5.41) is 9.76. The van der Waals surface area contributed by atoms with E-state index >= 15 is 0 Å². The molecule has 2 heterocycles. The minimum absolute atomic E-state index is 0.0484. The predicted octanol–water partition coefficient (Wildman–Crippen LogP) is 9.27. The van der Waals surface area contributed by atoms with Gasteiger partial charge in [-0.1, -0.05) is 134 Å². The molecule has 2 N–H and O–H groups in total. The number of pyridine rings is 1. The highest BCUT2D eigenvalue weighted by Crippen LogP contribution is 2.39. The standard InChI is InChI=1S/C49H39F2N3/c50-36-25-35(26-37(51)28-36)48-47-41-21-10-8-19-39(41)38-18-7-9-20-40(38)46(47)42-23-22-33(27-45(42)52-48)32-16-11-17-34(24-32)49-53-43(30-12-3-1-4-13-30)29-44(54-49)31-14-5-2-6-15-31/h1,3-5,7-26,28-29,33,38-39,43,49,53-54H,2,6,27H2. The van der Waals surface area contributed by atoms with Crippen molar-refractivity contribution in [1.29, 1.82) is 0 Å². The van der Waals surface area contributed by atoms with Gasteiger partial charge in [-0.15, -0.1) is 0 Å². The average molecular weight is 708 g/mol. The van der Waals surface area contributed by atoms with Gasteiger partial charge in [0.15, 0.2) is 0 Å². The van der Waals surface area contributed by atoms with Crippen molar-refractivity contribution in [2.45, 2.75) is 37.4 Å². The molecule has 0 saturated carbocycles. The molecule has 54 heavy (non-hydrogen) atoms. The number of nitrogens with zero attached hydrogens (tertiary/aromatic N) is 1. The molecular formula is C49H39F2N3. The number of hydrogen-bond acceptors (Lipinski definition) is 3. The number of hydrogen-bond donors (Lipinski definition) is 2. The molecule has 10 rings (SSSR count). The van der Waals surface area contributed by atoms with Crippen LogP contribution < -0.4 is 21.1 Å². The van der Waals surface area contributed by atoms with Gasteiger partial charge in [0.25, 0.3) is 0 Å². The highest BCUT2D eigenvalue weighted by molar-refractivity contribution is 5.83. The summed E-state index contributed by atoms with van der Waals surface area (Å²) in [5.41, 5.74) is 11.4. The lowest BCUT2D eigenvalue weighted by molar-refractivity contribution is 0.419. The fourth-order valence-corrected chi connectivity index (χ4v) is 9.06. The zero-order valence-electron chi connectivity index (χ0n) is 29.7. The Morgan fingerprint density at radius 2 is 1.41 bits per heavy atom. The van der Waals surface area contributed by atoms with E-state index in [1.54, 1.807) is 0 Å². The van der Waals surface area contributed by atoms with Gasteiger partial charge in [-0.25, -0.2) is 8.78 Å². The van der Waals surface area contributed by atoms with E-state index in [0.717, 1.165) is 57.4 Å². The van der Waals surface area contributed by atoms with Crippen LogP contribution in [0.2, 0.25) is 0 Å². The van der Waals surface area contributed by atoms with Crippen LogP contribution in [-0.2, 0) is 6.42 Å². The normalized spacial score (nSPS) is 24.6. The Bertz CT molecular complexity index is 2560. The van der Waals surface area contributed by atoms with Gasteiger partial charge in [0.1, 0.15) is 17.8 Å². The van der Waals surface area contributed by atoms with Crippen molar-refractivity contribution in [3.8, 4) is 11.3 Å². The summed E-state index contributed by atoms with van der Waals surface area (Å²) in [4.78, 5) is 5.34. The van der Waals surface area contributed by atoms with Gasteiger partial charge >= 0.3 is 0 Å². The maximum atomic E-state index is 14.9. The van der Waals surface area contributed by atoms with Crippen LogP contribution in [0.25, 0.3) is 28.5 Å². The van der Waals surface area contributed by atoms with Crippen molar-refractivity contribution in [3.05, 3.63) is 213 Å². The lowest BCUT2D eigenvalue weighted by atomic mass is 9.71. The van der Waals surface area contributed by atoms with Crippen LogP contribution >= 0.6 is 0 Å². The van der Waals surface area contributed by atoms with Crippen LogP contribution in [0.3, 0.4) is 0 Å². The first-order chi connectivity index (χ1) is 26.6. The van der Waals surface area contributed by atoms with E-state index in [0.29, 0.717) is 17.7 Å². The first-order valence-corrected chi connectivity index (χ1v) is 19.0. The average Bonchev–Trinajstić information content (AvgIpc) is 3.23. The minimum atomic E-state index is -0.608. The summed E-state index contributed by atoms with van der Waals surface area (Å²) in [6.07, 6.45) is 33.6. The number of nitrogens with one attached hydrogen (secondary N) is 2. The number of fused-ring (bicyclic) bond motifs is 6. The Hall–Kier alpha value is -5.91. The van der Waals surface area contributed by atoms with Crippen molar-refractivity contribution in [2.24, 2.45) is 11.8 Å². The van der Waals surface area contributed by atoms with Crippen LogP contribution in [0.15, 0.2) is 163 Å². The third-order valence-electron chi connectivity index (χ3n) is 11.6. The molecule has 0 saturated heterocycles. The van der Waals surface area contributed by atoms with E-state index in [4.69, 9.17) is 4.98 Å². The van der Waals surface area contributed by atoms with Gasteiger partial charge in [0.05, 0.1) is 11.7 Å². The lowest BCUT2D eigenvalue weighted by Gasteiger charge is -2.34. The van der Waals surface area contributed by atoms with Gasteiger partial charge in [-0.2, -0.15) is 0 Å². The zero-order valence-corrected chi connectivity index (χ0v) is 29.7. The van der Waals surface area contributed by atoms with Crippen molar-refractivity contribution in [3.63, 3.8) is 0 Å². The molecule has 3 aromatic carbocycles. The van der Waals surface area contributed by atoms with Gasteiger partial charge in [0, 0.05) is 58.0 Å². The van der Waals surface area contributed by atoms with Gasteiger partial charge in [-0.05, 0) is 69.7 Å². The van der Waals surface area contributed by atoms with Crippen molar-refractivity contribution in [1.82, 2.24) is 15.6 Å². The minimum Gasteiger partial charge on any atom is -0.366 e. The second-order valence-electron chi connectivity index (χ2n) is 14.9. The van der Waals surface area contributed by atoms with Crippen molar-refractivity contribution in [2.75, 3.05) is 0 Å². The lowest BCUT2D eigenvalue weighted by Crippen LogP contribution is -2.44. The molecule has 0 fully saturated rings. The highest BCUT2D eigenvalue weighted by Gasteiger charge is 2.33. The van der Waals surface area contributed by atoms with E-state index in [1.807, 2.05) is 0 Å². The Balaban J connectivity index is 1.07. The molecule has 4 aromatic rings. The fourth-order valence-electron chi connectivity index (χ4n) is 9.06. The van der Waals surface area contributed by atoms with E-state index in [9.17, 15) is 8.78 Å². The Morgan fingerprint density at radius 3 is 2.17 bits per heavy atom. The monoisotopic (exact) mass is 707 g/mol. The third-order valence-corrected chi connectivity index (χ3v) is 11.6. The number of rotatable bonds is 5. The predicted molar refractivity (Wildman–Crippen MR) is 214 cm³/mol. The van der Waals surface area contributed by atoms with E-state index in [-0.39, 0.29) is 30.0 Å². The molecule has 6 aliphatic rings. The molecule has 5 heteroatoms. The van der Waals surface area contributed by atoms with Gasteiger partial charge in [-0.3, -0.25) is 10.3 Å². The van der Waals surface area contributed by atoms with Crippen LogP contribution in [-0.4, -0.2) is 4.98 Å². The molecule has 5 unspecified atom stereocenters. The van der Waals surface area contributed by atoms with Gasteiger partial charge in [0.2, 0.25) is 0 Å². The molecule has 1 aliphatic heterocycles. The van der Waals surface area contributed by atoms with Crippen molar-refractivity contribution < 1.29 is 8.78 Å². The second-order valence-corrected chi connectivity index (χ2v) is 14.9. The number of aromatic nitrogens is 1.